The van der Waals surface area contributed by atoms with Crippen LogP contribution in [0.5, 0.6) is 0 Å². The zero-order chi connectivity index (χ0) is 10.0. The van der Waals surface area contributed by atoms with Crippen LogP contribution in [0.1, 0.15) is 18.4 Å². The van der Waals surface area contributed by atoms with Crippen molar-refractivity contribution in [2.24, 2.45) is 0 Å². The number of hydrogen-bond acceptors (Lipinski definition) is 3. The molecule has 14 heavy (non-hydrogen) atoms. The molecule has 0 spiro atoms. The Kier molecular flexibility index (Phi) is 2.72. The minimum Gasteiger partial charge on any atom is -0.384 e. The Labute approximate surface area is 88.1 Å². The molecule has 2 N–H and O–H groups in total. The summed E-state index contributed by atoms with van der Waals surface area (Å²) in [6.07, 6.45) is 4.95. The molecule has 0 saturated carbocycles. The summed E-state index contributed by atoms with van der Waals surface area (Å²) in [4.78, 5) is 3.91. The molecule has 1 saturated heterocycles. The maximum absolute atomic E-state index is 10.3. The highest BCUT2D eigenvalue weighted by Gasteiger charge is 2.32. The van der Waals surface area contributed by atoms with E-state index in [9.17, 15) is 5.11 Å². The van der Waals surface area contributed by atoms with Gasteiger partial charge in [-0.2, -0.15) is 0 Å². The lowest BCUT2D eigenvalue weighted by Crippen LogP contribution is -2.43. The average molecular weight is 213 g/mol. The highest BCUT2D eigenvalue weighted by atomic mass is 35.5. The van der Waals surface area contributed by atoms with E-state index < -0.39 is 5.60 Å². The summed E-state index contributed by atoms with van der Waals surface area (Å²) in [5, 5.41) is 14.1. The van der Waals surface area contributed by atoms with E-state index in [1.165, 1.54) is 0 Å². The van der Waals surface area contributed by atoms with E-state index in [1.807, 2.05) is 0 Å². The lowest BCUT2D eigenvalue weighted by Gasteiger charge is -2.33. The quantitative estimate of drug-likeness (QED) is 0.738. The smallest absolute Gasteiger partial charge is 0.104 e. The number of rotatable bonds is 1. The van der Waals surface area contributed by atoms with Crippen molar-refractivity contribution in [3.05, 3.63) is 29.0 Å². The fraction of sp³-hybridized carbons (Fsp3) is 0.500. The maximum atomic E-state index is 10.3. The van der Waals surface area contributed by atoms with Gasteiger partial charge in [0, 0.05) is 24.5 Å². The molecule has 1 atom stereocenters. The maximum Gasteiger partial charge on any atom is 0.104 e. The van der Waals surface area contributed by atoms with E-state index in [1.54, 1.807) is 18.5 Å². The van der Waals surface area contributed by atoms with E-state index >= 15 is 0 Å². The van der Waals surface area contributed by atoms with Crippen molar-refractivity contribution in [3.8, 4) is 0 Å². The van der Waals surface area contributed by atoms with Gasteiger partial charge in [-0.05, 0) is 25.5 Å². The van der Waals surface area contributed by atoms with Gasteiger partial charge in [-0.3, -0.25) is 4.98 Å². The van der Waals surface area contributed by atoms with Gasteiger partial charge in [0.1, 0.15) is 5.60 Å². The van der Waals surface area contributed by atoms with E-state index in [-0.39, 0.29) is 0 Å². The number of β-amino-alcohol motifs (C(OH)–C–C–N with tert-alkyl or cyclic N) is 1. The highest BCUT2D eigenvalue weighted by molar-refractivity contribution is 6.31. The van der Waals surface area contributed by atoms with Crippen molar-refractivity contribution in [2.75, 3.05) is 13.1 Å². The minimum absolute atomic E-state index is 0.540. The third-order valence-electron chi connectivity index (χ3n) is 2.64. The number of aliphatic hydroxyl groups is 1. The van der Waals surface area contributed by atoms with Crippen LogP contribution in [0, 0.1) is 0 Å². The molecular formula is C10H13ClN2O. The Bertz CT molecular complexity index is 324. The molecule has 1 aromatic heterocycles. The summed E-state index contributed by atoms with van der Waals surface area (Å²) in [5.41, 5.74) is -0.0421. The fourth-order valence-corrected chi connectivity index (χ4v) is 2.17. The summed E-state index contributed by atoms with van der Waals surface area (Å²) >= 11 is 6.00. The van der Waals surface area contributed by atoms with Gasteiger partial charge in [0.2, 0.25) is 0 Å². The molecule has 4 heteroatoms. The van der Waals surface area contributed by atoms with E-state index in [0.717, 1.165) is 24.9 Å². The van der Waals surface area contributed by atoms with Crippen molar-refractivity contribution in [1.82, 2.24) is 10.3 Å². The van der Waals surface area contributed by atoms with Crippen molar-refractivity contribution in [1.29, 1.82) is 0 Å². The first-order valence-corrected chi connectivity index (χ1v) is 5.13. The van der Waals surface area contributed by atoms with Crippen LogP contribution in [-0.4, -0.2) is 23.2 Å². The van der Waals surface area contributed by atoms with Gasteiger partial charge >= 0.3 is 0 Å². The summed E-state index contributed by atoms with van der Waals surface area (Å²) in [6, 6.07) is 1.79. The Hall–Kier alpha value is -0.640. The van der Waals surface area contributed by atoms with Crippen LogP contribution in [0.25, 0.3) is 0 Å². The van der Waals surface area contributed by atoms with Gasteiger partial charge in [-0.1, -0.05) is 11.6 Å². The molecule has 1 unspecified atom stereocenters. The van der Waals surface area contributed by atoms with Gasteiger partial charge in [-0.15, -0.1) is 0 Å². The topological polar surface area (TPSA) is 45.2 Å². The zero-order valence-electron chi connectivity index (χ0n) is 7.83. The third kappa shape index (κ3) is 1.75. The fourth-order valence-electron chi connectivity index (χ4n) is 1.87. The molecule has 2 heterocycles. The Morgan fingerprint density at radius 3 is 3.07 bits per heavy atom. The van der Waals surface area contributed by atoms with Gasteiger partial charge in [0.15, 0.2) is 0 Å². The first kappa shape index (κ1) is 9.90. The number of halogens is 1. The summed E-state index contributed by atoms with van der Waals surface area (Å²) in [7, 11) is 0. The lowest BCUT2D eigenvalue weighted by molar-refractivity contribution is 0.0123. The van der Waals surface area contributed by atoms with Crippen molar-refractivity contribution < 1.29 is 5.11 Å². The van der Waals surface area contributed by atoms with Crippen molar-refractivity contribution in [3.63, 3.8) is 0 Å². The number of hydrogen-bond donors (Lipinski definition) is 2. The van der Waals surface area contributed by atoms with Crippen LogP contribution in [0.2, 0.25) is 5.02 Å². The average Bonchev–Trinajstić information content (AvgIpc) is 2.19. The second-order valence-corrected chi connectivity index (χ2v) is 4.07. The Morgan fingerprint density at radius 1 is 1.57 bits per heavy atom. The number of nitrogens with zero attached hydrogens (tertiary/aromatic N) is 1. The first-order chi connectivity index (χ1) is 6.72. The van der Waals surface area contributed by atoms with E-state index in [4.69, 9.17) is 11.6 Å². The molecule has 0 radical (unpaired) electrons. The van der Waals surface area contributed by atoms with Gasteiger partial charge in [0.25, 0.3) is 0 Å². The largest absolute Gasteiger partial charge is 0.384 e. The molecule has 0 aromatic carbocycles. The predicted molar refractivity (Wildman–Crippen MR) is 55.2 cm³/mol. The molecule has 0 amide bonds. The standard InChI is InChI=1S/C10H13ClN2O/c11-9-6-12-5-2-8(9)10(14)3-1-4-13-7-10/h2,5-6,13-14H,1,3-4,7H2. The number of piperidine rings is 1. The molecule has 76 valence electrons. The molecule has 3 nitrogen and oxygen atoms in total. The number of aromatic nitrogens is 1. The molecule has 1 aliphatic rings. The predicted octanol–water partition coefficient (Wildman–Crippen LogP) is 1.31. The normalized spacial score (nSPS) is 27.6. The van der Waals surface area contributed by atoms with Crippen molar-refractivity contribution >= 4 is 11.6 Å². The van der Waals surface area contributed by atoms with E-state index in [0.29, 0.717) is 11.6 Å². The van der Waals surface area contributed by atoms with E-state index in [2.05, 4.69) is 10.3 Å². The SMILES string of the molecule is OC1(c2ccncc2Cl)CCCNC1. The zero-order valence-corrected chi connectivity index (χ0v) is 8.59. The van der Waals surface area contributed by atoms with Gasteiger partial charge < -0.3 is 10.4 Å². The highest BCUT2D eigenvalue weighted by Crippen LogP contribution is 2.32. The molecule has 1 aromatic rings. The monoisotopic (exact) mass is 212 g/mol. The number of pyridine rings is 1. The van der Waals surface area contributed by atoms with Crippen LogP contribution in [0.15, 0.2) is 18.5 Å². The summed E-state index contributed by atoms with van der Waals surface area (Å²) in [6.45, 7) is 1.53. The molecule has 1 fully saturated rings. The lowest BCUT2D eigenvalue weighted by atomic mass is 9.87. The van der Waals surface area contributed by atoms with Crippen LogP contribution >= 0.6 is 11.6 Å². The first-order valence-electron chi connectivity index (χ1n) is 4.75. The van der Waals surface area contributed by atoms with Gasteiger partial charge in [-0.25, -0.2) is 0 Å². The van der Waals surface area contributed by atoms with Crippen LogP contribution in [0.4, 0.5) is 0 Å². The summed E-state index contributed by atoms with van der Waals surface area (Å²) < 4.78 is 0. The van der Waals surface area contributed by atoms with Crippen LogP contribution < -0.4 is 5.32 Å². The Morgan fingerprint density at radius 2 is 2.43 bits per heavy atom. The second kappa shape index (κ2) is 3.85. The molecule has 0 aliphatic carbocycles. The van der Waals surface area contributed by atoms with Crippen LogP contribution in [0.3, 0.4) is 0 Å². The molecule has 1 aliphatic heterocycles. The molecule has 2 rings (SSSR count). The van der Waals surface area contributed by atoms with Crippen molar-refractivity contribution in [2.45, 2.75) is 18.4 Å². The third-order valence-corrected chi connectivity index (χ3v) is 2.94. The minimum atomic E-state index is -0.821. The number of nitrogens with one attached hydrogen (secondary N) is 1. The second-order valence-electron chi connectivity index (χ2n) is 3.67. The van der Waals surface area contributed by atoms with Gasteiger partial charge in [0.05, 0.1) is 5.02 Å². The molecule has 0 bridgehead atoms. The molecular weight excluding hydrogens is 200 g/mol. The summed E-state index contributed by atoms with van der Waals surface area (Å²) in [5.74, 6) is 0. The Balaban J connectivity index is 2.32. The van der Waals surface area contributed by atoms with Crippen LogP contribution in [-0.2, 0) is 5.60 Å².